The lowest BCUT2D eigenvalue weighted by Crippen LogP contribution is -2.33. The van der Waals surface area contributed by atoms with Crippen molar-refractivity contribution in [3.05, 3.63) is 45.6 Å². The number of hydrogen-bond acceptors (Lipinski definition) is 6. The Balaban J connectivity index is 1.98. The number of aromatic nitrogens is 1. The minimum Gasteiger partial charge on any atom is -0.370 e. The van der Waals surface area contributed by atoms with Crippen LogP contribution in [0.25, 0.3) is 10.9 Å². The van der Waals surface area contributed by atoms with Gasteiger partial charge in [-0.2, -0.15) is 0 Å². The fraction of sp³-hybridized carbons (Fsp3) is 0.320. The summed E-state index contributed by atoms with van der Waals surface area (Å²) in [4.78, 5) is 43.2. The molecule has 0 spiro atoms. The highest BCUT2D eigenvalue weighted by atomic mass is 32.1. The predicted octanol–water partition coefficient (Wildman–Crippen LogP) is 4.29. The van der Waals surface area contributed by atoms with Gasteiger partial charge < -0.3 is 31.8 Å². The fourth-order valence-electron chi connectivity index (χ4n) is 3.84. The number of nitrogens with one attached hydrogen (secondary N) is 4. The molecule has 0 aliphatic heterocycles. The molecule has 3 amide bonds. The van der Waals surface area contributed by atoms with E-state index in [-0.39, 0.29) is 24.2 Å². The third-order valence-electron chi connectivity index (χ3n) is 5.68. The van der Waals surface area contributed by atoms with Crippen molar-refractivity contribution in [2.24, 2.45) is 11.7 Å². The molecule has 0 saturated heterocycles. The molecule has 0 aliphatic carbocycles. The Morgan fingerprint density at radius 2 is 1.89 bits per heavy atom. The van der Waals surface area contributed by atoms with E-state index in [0.717, 1.165) is 39.5 Å². The van der Waals surface area contributed by atoms with Crippen LogP contribution in [-0.4, -0.2) is 41.7 Å². The smallest absolute Gasteiger partial charge is 0.266 e. The molecule has 0 saturated carbocycles. The van der Waals surface area contributed by atoms with Crippen molar-refractivity contribution in [1.29, 1.82) is 10.8 Å². The van der Waals surface area contributed by atoms with E-state index in [1.807, 2.05) is 39.0 Å². The first kappa shape index (κ1) is 25.8. The van der Waals surface area contributed by atoms with Crippen LogP contribution in [0.15, 0.2) is 30.3 Å². The predicted molar refractivity (Wildman–Crippen MR) is 141 cm³/mol. The van der Waals surface area contributed by atoms with E-state index >= 15 is 0 Å². The normalized spacial score (nSPS) is 11.9. The maximum absolute atomic E-state index is 13.0. The van der Waals surface area contributed by atoms with Crippen molar-refractivity contribution in [3.63, 3.8) is 0 Å². The van der Waals surface area contributed by atoms with Crippen LogP contribution < -0.4 is 16.0 Å². The highest BCUT2D eigenvalue weighted by molar-refractivity contribution is 7.14. The van der Waals surface area contributed by atoms with Crippen LogP contribution in [-0.2, 0) is 16.0 Å². The average molecular weight is 495 g/mol. The van der Waals surface area contributed by atoms with Gasteiger partial charge in [0.2, 0.25) is 11.8 Å². The Labute approximate surface area is 207 Å². The first-order valence-corrected chi connectivity index (χ1v) is 12.2. The number of primary amides is 1. The molecule has 184 valence electrons. The van der Waals surface area contributed by atoms with E-state index in [1.54, 1.807) is 17.0 Å². The molecule has 6 N–H and O–H groups in total. The van der Waals surface area contributed by atoms with E-state index in [2.05, 4.69) is 10.3 Å². The van der Waals surface area contributed by atoms with Gasteiger partial charge in [0.05, 0.1) is 10.8 Å². The number of amides is 3. The summed E-state index contributed by atoms with van der Waals surface area (Å²) in [6.07, 6.45) is 2.77. The number of aromatic amines is 1. The maximum Gasteiger partial charge on any atom is 0.266 e. The third kappa shape index (κ3) is 5.65. The average Bonchev–Trinajstić information content (AvgIpc) is 3.43. The summed E-state index contributed by atoms with van der Waals surface area (Å²) >= 11 is 1.22. The molecule has 0 atom stereocenters. The number of benzene rings is 1. The Kier molecular flexibility index (Phi) is 8.18. The van der Waals surface area contributed by atoms with Crippen molar-refractivity contribution in [2.75, 3.05) is 16.8 Å². The minimum atomic E-state index is -0.464. The number of nitrogens with zero attached hydrogens (tertiary/aromatic N) is 1. The zero-order valence-electron chi connectivity index (χ0n) is 20.0. The van der Waals surface area contributed by atoms with Gasteiger partial charge in [0, 0.05) is 58.3 Å². The largest absolute Gasteiger partial charge is 0.370 e. The molecular formula is C25H30N6O3S. The summed E-state index contributed by atoms with van der Waals surface area (Å²) in [6, 6.07) is 9.00. The molecule has 2 aromatic heterocycles. The number of carbonyl (C=O) groups excluding carboxylic acids is 3. The SMILES string of the molecule is CCN(C(=O)C(C)C)c1ccc2c(CCC(N)=O)c(NC(=O)c3ccc(C(C=N)C=N)s3)[nH]c2c1. The zero-order valence-corrected chi connectivity index (χ0v) is 20.8. The van der Waals surface area contributed by atoms with Gasteiger partial charge in [-0.05, 0) is 37.6 Å². The number of carbonyl (C=O) groups is 3. The van der Waals surface area contributed by atoms with E-state index < -0.39 is 11.8 Å². The Hall–Kier alpha value is -3.79. The fourth-order valence-corrected chi connectivity index (χ4v) is 4.79. The first-order valence-electron chi connectivity index (χ1n) is 11.4. The number of nitrogens with two attached hydrogens (primary N) is 1. The van der Waals surface area contributed by atoms with Crippen molar-refractivity contribution in [2.45, 2.75) is 39.5 Å². The van der Waals surface area contributed by atoms with Crippen LogP contribution in [0.3, 0.4) is 0 Å². The summed E-state index contributed by atoms with van der Waals surface area (Å²) < 4.78 is 0. The third-order valence-corrected chi connectivity index (χ3v) is 6.86. The molecule has 9 nitrogen and oxygen atoms in total. The molecule has 0 bridgehead atoms. The van der Waals surface area contributed by atoms with Gasteiger partial charge in [-0.15, -0.1) is 11.3 Å². The van der Waals surface area contributed by atoms with Gasteiger partial charge in [0.15, 0.2) is 0 Å². The highest BCUT2D eigenvalue weighted by Crippen LogP contribution is 2.32. The van der Waals surface area contributed by atoms with Gasteiger partial charge in [0.25, 0.3) is 5.91 Å². The maximum atomic E-state index is 13.0. The lowest BCUT2D eigenvalue weighted by Gasteiger charge is -2.23. The molecule has 0 fully saturated rings. The van der Waals surface area contributed by atoms with Crippen LogP contribution in [0.1, 0.15) is 53.2 Å². The molecule has 35 heavy (non-hydrogen) atoms. The lowest BCUT2D eigenvalue weighted by molar-refractivity contribution is -0.121. The molecule has 1 aromatic carbocycles. The van der Waals surface area contributed by atoms with Crippen LogP contribution in [0, 0.1) is 16.7 Å². The molecule has 0 unspecified atom stereocenters. The molecule has 0 radical (unpaired) electrons. The lowest BCUT2D eigenvalue weighted by atomic mass is 10.1. The van der Waals surface area contributed by atoms with Crippen LogP contribution in [0.2, 0.25) is 0 Å². The van der Waals surface area contributed by atoms with E-state index in [1.165, 1.54) is 11.3 Å². The number of fused-ring (bicyclic) bond motifs is 1. The van der Waals surface area contributed by atoms with Gasteiger partial charge in [0.1, 0.15) is 5.82 Å². The zero-order chi connectivity index (χ0) is 25.7. The van der Waals surface area contributed by atoms with Crippen molar-refractivity contribution in [1.82, 2.24) is 4.98 Å². The highest BCUT2D eigenvalue weighted by Gasteiger charge is 2.21. The Morgan fingerprint density at radius 1 is 1.17 bits per heavy atom. The molecule has 3 rings (SSSR count). The second kappa shape index (κ2) is 11.1. The number of rotatable bonds is 11. The van der Waals surface area contributed by atoms with E-state index in [9.17, 15) is 14.4 Å². The number of hydrogen-bond donors (Lipinski definition) is 5. The molecular weight excluding hydrogens is 464 g/mol. The second-order valence-corrected chi connectivity index (χ2v) is 9.54. The van der Waals surface area contributed by atoms with Gasteiger partial charge in [-0.25, -0.2) is 0 Å². The Morgan fingerprint density at radius 3 is 2.49 bits per heavy atom. The summed E-state index contributed by atoms with van der Waals surface area (Å²) in [5, 5.41) is 18.6. The van der Waals surface area contributed by atoms with E-state index in [0.29, 0.717) is 23.7 Å². The minimum absolute atomic E-state index is 0.0162. The molecule has 3 aromatic rings. The van der Waals surface area contributed by atoms with Crippen molar-refractivity contribution < 1.29 is 14.4 Å². The monoisotopic (exact) mass is 494 g/mol. The van der Waals surface area contributed by atoms with Gasteiger partial charge >= 0.3 is 0 Å². The topological polar surface area (TPSA) is 156 Å². The standard InChI is InChI=1S/C25H30N6O3S/c1-4-31(25(34)14(2)3)16-5-6-17-18(7-10-22(28)32)23(29-19(17)11-16)30-24(33)21-9-8-20(35-21)15(12-26)13-27/h5-6,8-9,11-15,26-27,29H,4,7,10H2,1-3H3,(H2,28,32)(H,30,33). The van der Waals surface area contributed by atoms with Gasteiger partial charge in [-0.3, -0.25) is 14.4 Å². The number of anilines is 2. The van der Waals surface area contributed by atoms with Crippen molar-refractivity contribution >= 4 is 63.9 Å². The summed E-state index contributed by atoms with van der Waals surface area (Å²) in [7, 11) is 0. The van der Waals surface area contributed by atoms with Crippen LogP contribution in [0.4, 0.5) is 11.5 Å². The number of thiophene rings is 1. The quantitative estimate of drug-likeness (QED) is 0.252. The summed E-state index contributed by atoms with van der Waals surface area (Å²) in [6.45, 7) is 6.15. The van der Waals surface area contributed by atoms with Crippen LogP contribution in [0.5, 0.6) is 0 Å². The molecule has 10 heteroatoms. The second-order valence-electron chi connectivity index (χ2n) is 8.43. The van der Waals surface area contributed by atoms with Crippen LogP contribution >= 0.6 is 11.3 Å². The summed E-state index contributed by atoms with van der Waals surface area (Å²) in [5.74, 6) is -0.915. The first-order chi connectivity index (χ1) is 16.7. The van der Waals surface area contributed by atoms with Gasteiger partial charge in [-0.1, -0.05) is 19.9 Å². The number of H-pyrrole nitrogens is 1. The van der Waals surface area contributed by atoms with E-state index in [4.69, 9.17) is 16.6 Å². The molecule has 0 aliphatic rings. The Bertz CT molecular complexity index is 1270. The number of aryl methyl sites for hydroxylation is 1. The summed E-state index contributed by atoms with van der Waals surface area (Å²) in [5.41, 5.74) is 7.61. The molecule has 2 heterocycles. The van der Waals surface area contributed by atoms with Crippen molar-refractivity contribution in [3.8, 4) is 0 Å².